The Morgan fingerprint density at radius 2 is 1.81 bits per heavy atom. The van der Waals surface area contributed by atoms with Crippen molar-refractivity contribution in [2.24, 2.45) is 9.98 Å². The number of unbranched alkanes of at least 4 members (excludes halogenated alkanes) is 1. The van der Waals surface area contributed by atoms with Crippen LogP contribution < -0.4 is 10.6 Å². The van der Waals surface area contributed by atoms with E-state index in [-0.39, 0.29) is 29.9 Å². The first-order chi connectivity index (χ1) is 17.3. The summed E-state index contributed by atoms with van der Waals surface area (Å²) in [6, 6.07) is 10.7. The van der Waals surface area contributed by atoms with Gasteiger partial charge in [0.15, 0.2) is 5.17 Å². The van der Waals surface area contributed by atoms with Gasteiger partial charge >= 0.3 is 0 Å². The van der Waals surface area contributed by atoms with Crippen LogP contribution in [-0.4, -0.2) is 52.0 Å². The SMILES string of the molecule is CCCCNC(=O)C[C@@H]1N=C2c3ccccc3N=C(SCC(=O)Nc3c(C)cc(C)cc3C)N2C1=O. The first-order valence-electron chi connectivity index (χ1n) is 12.2. The molecule has 36 heavy (non-hydrogen) atoms. The van der Waals surface area contributed by atoms with Crippen molar-refractivity contribution in [3.05, 3.63) is 58.7 Å². The largest absolute Gasteiger partial charge is 0.356 e. The molecule has 0 aromatic heterocycles. The van der Waals surface area contributed by atoms with Gasteiger partial charge in [-0.1, -0.05) is 54.9 Å². The molecule has 0 aliphatic carbocycles. The van der Waals surface area contributed by atoms with E-state index in [1.54, 1.807) is 0 Å². The molecule has 2 heterocycles. The van der Waals surface area contributed by atoms with Crippen molar-refractivity contribution < 1.29 is 14.4 Å². The number of nitrogens with zero attached hydrogens (tertiary/aromatic N) is 3. The summed E-state index contributed by atoms with van der Waals surface area (Å²) in [6.07, 6.45) is 1.84. The second-order valence-corrected chi connectivity index (χ2v) is 10.0. The molecule has 188 valence electrons. The normalized spacial score (nSPS) is 16.2. The van der Waals surface area contributed by atoms with Crippen molar-refractivity contribution in [1.82, 2.24) is 10.2 Å². The van der Waals surface area contributed by atoms with Crippen LogP contribution in [0.2, 0.25) is 0 Å². The van der Waals surface area contributed by atoms with Gasteiger partial charge in [0.1, 0.15) is 11.9 Å². The standard InChI is InChI=1S/C27H31N5O3S/c1-5-6-11-28-22(33)14-21-26(35)32-25(29-21)19-9-7-8-10-20(19)30-27(32)36-15-23(34)31-24-17(3)12-16(2)13-18(24)4/h7-10,12-13,21H,5-6,11,14-15H2,1-4H3,(H,28,33)(H,31,34)/t21-/m0/s1. The molecule has 0 unspecified atom stereocenters. The number of carbonyl (C=O) groups is 3. The number of para-hydroxylation sites is 1. The Kier molecular flexibility index (Phi) is 7.88. The first-order valence-corrected chi connectivity index (χ1v) is 13.1. The fraction of sp³-hybridized carbons (Fsp3) is 0.370. The van der Waals surface area contributed by atoms with Crippen LogP contribution in [0, 0.1) is 20.8 Å². The van der Waals surface area contributed by atoms with Crippen LogP contribution in [0.4, 0.5) is 11.4 Å². The number of carbonyl (C=O) groups excluding carboxylic acids is 3. The number of aryl methyl sites for hydroxylation is 3. The molecule has 4 rings (SSSR count). The average molecular weight is 506 g/mol. The van der Waals surface area contributed by atoms with Gasteiger partial charge in [-0.25, -0.2) is 9.89 Å². The zero-order valence-electron chi connectivity index (χ0n) is 21.1. The van der Waals surface area contributed by atoms with E-state index in [9.17, 15) is 14.4 Å². The molecule has 2 N–H and O–H groups in total. The number of nitrogens with one attached hydrogen (secondary N) is 2. The van der Waals surface area contributed by atoms with Crippen LogP contribution >= 0.6 is 11.8 Å². The molecular weight excluding hydrogens is 474 g/mol. The Labute approximate surface area is 215 Å². The zero-order chi connectivity index (χ0) is 25.8. The Morgan fingerprint density at radius 3 is 2.53 bits per heavy atom. The van der Waals surface area contributed by atoms with Crippen LogP contribution in [0.1, 0.15) is 48.4 Å². The minimum Gasteiger partial charge on any atom is -0.356 e. The van der Waals surface area contributed by atoms with Gasteiger partial charge < -0.3 is 10.6 Å². The predicted octanol–water partition coefficient (Wildman–Crippen LogP) is 4.25. The van der Waals surface area contributed by atoms with Crippen molar-refractivity contribution in [2.75, 3.05) is 17.6 Å². The number of amidine groups is 2. The van der Waals surface area contributed by atoms with E-state index in [4.69, 9.17) is 0 Å². The van der Waals surface area contributed by atoms with Crippen molar-refractivity contribution in [3.63, 3.8) is 0 Å². The quantitative estimate of drug-likeness (QED) is 0.524. The van der Waals surface area contributed by atoms with Crippen molar-refractivity contribution in [2.45, 2.75) is 53.0 Å². The van der Waals surface area contributed by atoms with Gasteiger partial charge in [0.2, 0.25) is 11.8 Å². The van der Waals surface area contributed by atoms with Crippen LogP contribution in [-0.2, 0) is 14.4 Å². The predicted molar refractivity (Wildman–Crippen MR) is 145 cm³/mol. The molecule has 0 spiro atoms. The van der Waals surface area contributed by atoms with Gasteiger partial charge in [-0.15, -0.1) is 0 Å². The van der Waals surface area contributed by atoms with Gasteiger partial charge in [-0.3, -0.25) is 19.4 Å². The smallest absolute Gasteiger partial charge is 0.259 e. The van der Waals surface area contributed by atoms with E-state index >= 15 is 0 Å². The molecular formula is C27H31N5O3S. The minimum absolute atomic E-state index is 0.0187. The summed E-state index contributed by atoms with van der Waals surface area (Å²) in [5, 5.41) is 6.23. The van der Waals surface area contributed by atoms with Crippen LogP contribution in [0.25, 0.3) is 0 Å². The third kappa shape index (κ3) is 5.51. The van der Waals surface area contributed by atoms with Crippen molar-refractivity contribution in [1.29, 1.82) is 0 Å². The van der Waals surface area contributed by atoms with E-state index in [2.05, 4.69) is 27.5 Å². The number of anilines is 1. The molecule has 8 nitrogen and oxygen atoms in total. The Bertz CT molecular complexity index is 1250. The minimum atomic E-state index is -0.815. The molecule has 0 saturated carbocycles. The lowest BCUT2D eigenvalue weighted by molar-refractivity contribution is -0.128. The molecule has 1 atom stereocenters. The maximum absolute atomic E-state index is 13.3. The number of hydrogen-bond acceptors (Lipinski definition) is 6. The van der Waals surface area contributed by atoms with Gasteiger partial charge in [0.05, 0.1) is 17.9 Å². The lowest BCUT2D eigenvalue weighted by atomic mass is 10.1. The average Bonchev–Trinajstić information content (AvgIpc) is 3.16. The number of thioether (sulfide) groups is 1. The molecule has 2 aliphatic heterocycles. The van der Waals surface area contributed by atoms with Gasteiger partial charge in [0.25, 0.3) is 5.91 Å². The molecule has 9 heteroatoms. The lowest BCUT2D eigenvalue weighted by Crippen LogP contribution is -2.42. The summed E-state index contributed by atoms with van der Waals surface area (Å²) in [7, 11) is 0. The highest BCUT2D eigenvalue weighted by atomic mass is 32.2. The summed E-state index contributed by atoms with van der Waals surface area (Å²) >= 11 is 1.18. The molecule has 0 bridgehead atoms. The monoisotopic (exact) mass is 505 g/mol. The maximum Gasteiger partial charge on any atom is 0.259 e. The number of hydrogen-bond donors (Lipinski definition) is 2. The number of fused-ring (bicyclic) bond motifs is 3. The van der Waals surface area contributed by atoms with Crippen LogP contribution in [0.5, 0.6) is 0 Å². The van der Waals surface area contributed by atoms with Gasteiger partial charge in [0, 0.05) is 17.8 Å². The number of rotatable bonds is 8. The maximum atomic E-state index is 13.3. The molecule has 2 aromatic carbocycles. The molecule has 2 aromatic rings. The topological polar surface area (TPSA) is 103 Å². The number of amides is 3. The number of benzene rings is 2. The van der Waals surface area contributed by atoms with Crippen molar-refractivity contribution >= 4 is 51.9 Å². The Balaban J connectivity index is 1.50. The van der Waals surface area contributed by atoms with E-state index < -0.39 is 6.04 Å². The summed E-state index contributed by atoms with van der Waals surface area (Å²) in [4.78, 5) is 49.2. The Hall–Kier alpha value is -3.46. The fourth-order valence-corrected chi connectivity index (χ4v) is 5.17. The van der Waals surface area contributed by atoms with E-state index in [1.165, 1.54) is 16.7 Å². The van der Waals surface area contributed by atoms with Gasteiger partial charge in [-0.05, 0) is 50.5 Å². The fourth-order valence-electron chi connectivity index (χ4n) is 4.37. The summed E-state index contributed by atoms with van der Waals surface area (Å²) in [5.74, 6) is -0.137. The highest BCUT2D eigenvalue weighted by molar-refractivity contribution is 8.14. The second-order valence-electron chi connectivity index (χ2n) is 9.07. The molecule has 2 aliphatic rings. The van der Waals surface area contributed by atoms with E-state index in [0.717, 1.165) is 40.8 Å². The summed E-state index contributed by atoms with van der Waals surface area (Å²) in [5.41, 5.74) is 5.36. The second kappa shape index (κ2) is 11.1. The zero-order valence-corrected chi connectivity index (χ0v) is 21.9. The summed E-state index contributed by atoms with van der Waals surface area (Å²) < 4.78 is 0. The third-order valence-electron chi connectivity index (χ3n) is 6.05. The third-order valence-corrected chi connectivity index (χ3v) is 6.99. The van der Waals surface area contributed by atoms with Gasteiger partial charge in [-0.2, -0.15) is 0 Å². The molecule has 0 radical (unpaired) electrons. The first kappa shape index (κ1) is 25.6. The molecule has 0 saturated heterocycles. The number of aliphatic imine (C=N–C) groups is 2. The van der Waals surface area contributed by atoms with Crippen molar-refractivity contribution in [3.8, 4) is 0 Å². The van der Waals surface area contributed by atoms with E-state index in [0.29, 0.717) is 23.2 Å². The Morgan fingerprint density at radius 1 is 1.08 bits per heavy atom. The molecule has 3 amide bonds. The van der Waals surface area contributed by atoms with Crippen LogP contribution in [0.3, 0.4) is 0 Å². The lowest BCUT2D eigenvalue weighted by Gasteiger charge is -2.25. The summed E-state index contributed by atoms with van der Waals surface area (Å²) in [6.45, 7) is 8.59. The highest BCUT2D eigenvalue weighted by Gasteiger charge is 2.42. The molecule has 0 fully saturated rings. The van der Waals surface area contributed by atoms with Crippen LogP contribution in [0.15, 0.2) is 46.4 Å². The van der Waals surface area contributed by atoms with E-state index in [1.807, 2.05) is 57.2 Å². The highest BCUT2D eigenvalue weighted by Crippen LogP contribution is 2.34.